The molecule has 0 spiro atoms. The summed E-state index contributed by atoms with van der Waals surface area (Å²) in [5.41, 5.74) is 11.0. The van der Waals surface area contributed by atoms with E-state index in [2.05, 4.69) is 20.4 Å². The Morgan fingerprint density at radius 2 is 2.00 bits per heavy atom. The van der Waals surface area contributed by atoms with Crippen LogP contribution in [0, 0.1) is 0 Å². The molecule has 124 valence electrons. The average molecular weight is 326 g/mol. The quantitative estimate of drug-likeness (QED) is 0.651. The second-order valence-corrected chi connectivity index (χ2v) is 6.20. The van der Waals surface area contributed by atoms with Crippen molar-refractivity contribution in [3.8, 4) is 0 Å². The molecule has 2 aromatic rings. The van der Waals surface area contributed by atoms with Gasteiger partial charge in [0.25, 0.3) is 11.8 Å². The number of anilines is 1. The first-order valence-electron chi connectivity index (χ1n) is 7.81. The molecule has 1 aromatic carbocycles. The maximum atomic E-state index is 12.9. The van der Waals surface area contributed by atoms with Gasteiger partial charge in [-0.2, -0.15) is 5.10 Å². The summed E-state index contributed by atoms with van der Waals surface area (Å²) in [5, 5.41) is 4.61. The normalized spacial score (nSPS) is 17.9. The molecule has 3 heterocycles. The van der Waals surface area contributed by atoms with Crippen molar-refractivity contribution in [1.29, 1.82) is 0 Å². The van der Waals surface area contributed by atoms with E-state index in [9.17, 15) is 9.59 Å². The van der Waals surface area contributed by atoms with Gasteiger partial charge >= 0.3 is 0 Å². The van der Waals surface area contributed by atoms with E-state index in [-0.39, 0.29) is 11.8 Å². The van der Waals surface area contributed by atoms with Crippen LogP contribution in [0.4, 0.5) is 5.69 Å². The van der Waals surface area contributed by atoms with Crippen LogP contribution in [0.15, 0.2) is 17.2 Å². The molecule has 2 amide bonds. The molecular formula is C16H18N6O2. The molecule has 0 radical (unpaired) electrons. The summed E-state index contributed by atoms with van der Waals surface area (Å²) in [5.74, 6) is -0.417. The van der Waals surface area contributed by atoms with Gasteiger partial charge in [-0.15, -0.1) is 0 Å². The molecule has 0 atom stereocenters. The number of hydrazone groups is 1. The predicted octanol–water partition coefficient (Wildman–Crippen LogP) is 0.215. The lowest BCUT2D eigenvalue weighted by Crippen LogP contribution is -2.47. The van der Waals surface area contributed by atoms with Crippen molar-refractivity contribution in [3.05, 3.63) is 29.0 Å². The van der Waals surface area contributed by atoms with Gasteiger partial charge in [-0.1, -0.05) is 0 Å². The SMILES string of the molecule is CN1CCN(C(=O)c2[nH]c3cc(N)cc4c3c2C=NNC4=O)CC1. The highest BCUT2D eigenvalue weighted by atomic mass is 16.2. The maximum Gasteiger partial charge on any atom is 0.272 e. The molecule has 24 heavy (non-hydrogen) atoms. The minimum absolute atomic E-state index is 0.0837. The zero-order chi connectivity index (χ0) is 16.8. The zero-order valence-corrected chi connectivity index (χ0v) is 13.3. The third kappa shape index (κ3) is 2.23. The summed E-state index contributed by atoms with van der Waals surface area (Å²) in [6, 6.07) is 3.34. The highest BCUT2D eigenvalue weighted by Crippen LogP contribution is 2.29. The average Bonchev–Trinajstić information content (AvgIpc) is 2.83. The number of aromatic nitrogens is 1. The van der Waals surface area contributed by atoms with Crippen LogP contribution in [-0.4, -0.2) is 66.0 Å². The van der Waals surface area contributed by atoms with E-state index in [1.807, 2.05) is 11.9 Å². The Morgan fingerprint density at radius 3 is 2.75 bits per heavy atom. The Balaban J connectivity index is 1.84. The molecule has 0 aliphatic carbocycles. The van der Waals surface area contributed by atoms with Crippen molar-refractivity contribution >= 4 is 34.6 Å². The molecule has 2 aliphatic heterocycles. The number of rotatable bonds is 1. The van der Waals surface area contributed by atoms with Crippen LogP contribution in [0.1, 0.15) is 26.4 Å². The van der Waals surface area contributed by atoms with Crippen LogP contribution in [0.5, 0.6) is 0 Å². The lowest BCUT2D eigenvalue weighted by Gasteiger charge is -2.32. The van der Waals surface area contributed by atoms with E-state index < -0.39 is 0 Å². The number of carbonyl (C=O) groups excluding carboxylic acids is 2. The van der Waals surface area contributed by atoms with E-state index in [1.54, 1.807) is 12.1 Å². The standard InChI is InChI=1S/C16H18N6O2/c1-21-2-4-22(5-3-21)16(24)14-11-8-18-20-15(23)10-6-9(17)7-12(19-14)13(10)11/h6-8,19H,2-5,17H2,1H3,(H,20,23). The molecule has 0 bridgehead atoms. The van der Waals surface area contributed by atoms with Crippen molar-refractivity contribution in [1.82, 2.24) is 20.2 Å². The van der Waals surface area contributed by atoms with Gasteiger partial charge in [0.2, 0.25) is 0 Å². The van der Waals surface area contributed by atoms with E-state index in [1.165, 1.54) is 6.21 Å². The molecule has 0 unspecified atom stereocenters. The summed E-state index contributed by atoms with van der Waals surface area (Å²) < 4.78 is 0. The molecule has 8 nitrogen and oxygen atoms in total. The Bertz CT molecular complexity index is 876. The number of nitrogens with one attached hydrogen (secondary N) is 2. The van der Waals surface area contributed by atoms with Gasteiger partial charge in [-0.3, -0.25) is 9.59 Å². The fourth-order valence-electron chi connectivity index (χ4n) is 3.24. The van der Waals surface area contributed by atoms with Gasteiger partial charge in [-0.25, -0.2) is 5.43 Å². The third-order valence-electron chi connectivity index (χ3n) is 4.57. The van der Waals surface area contributed by atoms with E-state index in [0.717, 1.165) is 13.1 Å². The van der Waals surface area contributed by atoms with Crippen LogP contribution in [-0.2, 0) is 0 Å². The second-order valence-electron chi connectivity index (χ2n) is 6.20. The smallest absolute Gasteiger partial charge is 0.272 e. The van der Waals surface area contributed by atoms with E-state index in [0.29, 0.717) is 46.5 Å². The Hall–Kier alpha value is -2.87. The first-order chi connectivity index (χ1) is 11.5. The van der Waals surface area contributed by atoms with Gasteiger partial charge < -0.3 is 20.5 Å². The lowest BCUT2D eigenvalue weighted by atomic mass is 10.0. The van der Waals surface area contributed by atoms with Crippen LogP contribution in [0.25, 0.3) is 10.9 Å². The summed E-state index contributed by atoms with van der Waals surface area (Å²) >= 11 is 0. The van der Waals surface area contributed by atoms with Crippen LogP contribution < -0.4 is 11.2 Å². The predicted molar refractivity (Wildman–Crippen MR) is 91.2 cm³/mol. The van der Waals surface area contributed by atoms with Crippen LogP contribution >= 0.6 is 0 Å². The van der Waals surface area contributed by atoms with Crippen molar-refractivity contribution < 1.29 is 9.59 Å². The van der Waals surface area contributed by atoms with E-state index >= 15 is 0 Å². The van der Waals surface area contributed by atoms with Gasteiger partial charge in [-0.05, 0) is 19.2 Å². The fourth-order valence-corrected chi connectivity index (χ4v) is 3.24. The van der Waals surface area contributed by atoms with Gasteiger partial charge in [0.1, 0.15) is 5.69 Å². The van der Waals surface area contributed by atoms with Gasteiger partial charge in [0.15, 0.2) is 0 Å². The summed E-state index contributed by atoms with van der Waals surface area (Å²) in [7, 11) is 2.04. The highest BCUT2D eigenvalue weighted by Gasteiger charge is 2.27. The highest BCUT2D eigenvalue weighted by molar-refractivity contribution is 6.19. The maximum absolute atomic E-state index is 12.9. The number of carbonyl (C=O) groups is 2. The molecule has 4 N–H and O–H groups in total. The Labute approximate surface area is 138 Å². The molecule has 2 aliphatic rings. The summed E-state index contributed by atoms with van der Waals surface area (Å²) in [6.45, 7) is 3.03. The van der Waals surface area contributed by atoms with Gasteiger partial charge in [0, 0.05) is 48.3 Å². The van der Waals surface area contributed by atoms with Crippen molar-refractivity contribution in [2.24, 2.45) is 5.10 Å². The van der Waals surface area contributed by atoms with Crippen LogP contribution in [0.2, 0.25) is 0 Å². The first-order valence-corrected chi connectivity index (χ1v) is 7.81. The number of nitrogens with zero attached hydrogens (tertiary/aromatic N) is 3. The second kappa shape index (κ2) is 5.34. The molecule has 4 rings (SSSR count). The zero-order valence-electron chi connectivity index (χ0n) is 13.3. The summed E-state index contributed by atoms with van der Waals surface area (Å²) in [6.07, 6.45) is 1.52. The molecular weight excluding hydrogens is 308 g/mol. The number of likely N-dealkylation sites (N-methyl/N-ethyl adjacent to an activating group) is 1. The minimum atomic E-state index is -0.333. The number of benzene rings is 1. The number of nitrogens with two attached hydrogens (primary N) is 1. The number of piperazine rings is 1. The number of aromatic amines is 1. The number of H-pyrrole nitrogens is 1. The number of amides is 2. The summed E-state index contributed by atoms with van der Waals surface area (Å²) in [4.78, 5) is 32.3. The van der Waals surface area contributed by atoms with Crippen molar-refractivity contribution in [2.75, 3.05) is 39.0 Å². The van der Waals surface area contributed by atoms with Gasteiger partial charge in [0.05, 0.1) is 11.8 Å². The Kier molecular flexibility index (Phi) is 3.27. The molecule has 0 saturated carbocycles. The fraction of sp³-hybridized carbons (Fsp3) is 0.312. The first kappa shape index (κ1) is 14.7. The number of nitrogen functional groups attached to an aromatic ring is 1. The van der Waals surface area contributed by atoms with Crippen LogP contribution in [0.3, 0.4) is 0 Å². The molecule has 8 heteroatoms. The monoisotopic (exact) mass is 326 g/mol. The number of hydrogen-bond donors (Lipinski definition) is 3. The van der Waals surface area contributed by atoms with E-state index in [4.69, 9.17) is 5.73 Å². The molecule has 1 saturated heterocycles. The minimum Gasteiger partial charge on any atom is -0.399 e. The lowest BCUT2D eigenvalue weighted by molar-refractivity contribution is 0.0659. The van der Waals surface area contributed by atoms with Crippen molar-refractivity contribution in [3.63, 3.8) is 0 Å². The molecule has 1 aromatic heterocycles. The molecule has 1 fully saturated rings. The third-order valence-corrected chi connectivity index (χ3v) is 4.57. The largest absolute Gasteiger partial charge is 0.399 e. The number of hydrogen-bond acceptors (Lipinski definition) is 5. The topological polar surface area (TPSA) is 107 Å². The Morgan fingerprint density at radius 1 is 1.25 bits per heavy atom. The van der Waals surface area contributed by atoms with Crippen molar-refractivity contribution in [2.45, 2.75) is 0 Å².